The van der Waals surface area contributed by atoms with E-state index in [1.54, 1.807) is 13.0 Å². The minimum Gasteiger partial charge on any atom is -0.405 e. The van der Waals surface area contributed by atoms with E-state index < -0.39 is 12.2 Å². The fourth-order valence-electron chi connectivity index (χ4n) is 1.73. The van der Waals surface area contributed by atoms with Crippen molar-refractivity contribution in [2.75, 3.05) is 0 Å². The fourth-order valence-corrected chi connectivity index (χ4v) is 1.73. The molecule has 19 heavy (non-hydrogen) atoms. The van der Waals surface area contributed by atoms with Gasteiger partial charge in [0.1, 0.15) is 11.6 Å². The van der Waals surface area contributed by atoms with Crippen LogP contribution in [0.25, 0.3) is 11.1 Å². The predicted molar refractivity (Wildman–Crippen MR) is 63.3 cm³/mol. The molecule has 0 radical (unpaired) electrons. The molecule has 0 amide bonds. The molecular formula is C14H10F4O. The molecule has 0 spiro atoms. The molecule has 5 heteroatoms. The summed E-state index contributed by atoms with van der Waals surface area (Å²) >= 11 is 0. The Morgan fingerprint density at radius 2 is 1.68 bits per heavy atom. The summed E-state index contributed by atoms with van der Waals surface area (Å²) in [6, 6.07) is 9.87. The number of hydrogen-bond acceptors (Lipinski definition) is 1. The molecule has 2 aromatic carbocycles. The van der Waals surface area contributed by atoms with Crippen LogP contribution in [0.15, 0.2) is 42.5 Å². The first-order valence-corrected chi connectivity index (χ1v) is 5.48. The molecule has 0 bridgehead atoms. The highest BCUT2D eigenvalue weighted by Gasteiger charge is 2.32. The van der Waals surface area contributed by atoms with Crippen LogP contribution < -0.4 is 4.74 Å². The average Bonchev–Trinajstić information content (AvgIpc) is 2.31. The van der Waals surface area contributed by atoms with Crippen LogP contribution >= 0.6 is 0 Å². The molecule has 0 saturated heterocycles. The van der Waals surface area contributed by atoms with Crippen LogP contribution in [-0.2, 0) is 0 Å². The first-order valence-electron chi connectivity index (χ1n) is 5.48. The number of aryl methyl sites for hydroxylation is 1. The third-order valence-corrected chi connectivity index (χ3v) is 2.58. The van der Waals surface area contributed by atoms with Crippen LogP contribution in [0.4, 0.5) is 17.6 Å². The van der Waals surface area contributed by atoms with Crippen molar-refractivity contribution in [3.05, 3.63) is 53.8 Å². The van der Waals surface area contributed by atoms with Crippen molar-refractivity contribution >= 4 is 0 Å². The molecule has 2 rings (SSSR count). The van der Waals surface area contributed by atoms with E-state index in [4.69, 9.17) is 0 Å². The van der Waals surface area contributed by atoms with Gasteiger partial charge in [-0.2, -0.15) is 0 Å². The highest BCUT2D eigenvalue weighted by Crippen LogP contribution is 2.34. The van der Waals surface area contributed by atoms with Gasteiger partial charge in [-0.1, -0.05) is 24.3 Å². The van der Waals surface area contributed by atoms with Gasteiger partial charge in [-0.15, -0.1) is 13.2 Å². The second-order valence-corrected chi connectivity index (χ2v) is 4.01. The van der Waals surface area contributed by atoms with Gasteiger partial charge >= 0.3 is 6.36 Å². The maximum atomic E-state index is 13.2. The zero-order chi connectivity index (χ0) is 14.0. The van der Waals surface area contributed by atoms with Crippen LogP contribution in [0, 0.1) is 12.7 Å². The SMILES string of the molecule is Cc1cc(-c2ccccc2OC(F)(F)F)ccc1F. The quantitative estimate of drug-likeness (QED) is 0.719. The summed E-state index contributed by atoms with van der Waals surface area (Å²) in [5.74, 6) is -0.709. The Labute approximate surface area is 107 Å². The first kappa shape index (κ1) is 13.4. The zero-order valence-electron chi connectivity index (χ0n) is 9.96. The minimum atomic E-state index is -4.76. The zero-order valence-corrected chi connectivity index (χ0v) is 9.96. The molecule has 0 aliphatic rings. The van der Waals surface area contributed by atoms with Crippen LogP contribution in [-0.4, -0.2) is 6.36 Å². The summed E-state index contributed by atoms with van der Waals surface area (Å²) in [6.07, 6.45) is -4.76. The summed E-state index contributed by atoms with van der Waals surface area (Å²) < 4.78 is 54.0. The molecule has 0 atom stereocenters. The molecule has 0 N–H and O–H groups in total. The summed E-state index contributed by atoms with van der Waals surface area (Å²) in [6.45, 7) is 1.55. The second-order valence-electron chi connectivity index (χ2n) is 4.01. The Bertz CT molecular complexity index is 590. The molecule has 0 unspecified atom stereocenters. The van der Waals surface area contributed by atoms with E-state index in [2.05, 4.69) is 4.74 Å². The van der Waals surface area contributed by atoms with E-state index >= 15 is 0 Å². The standard InChI is InChI=1S/C14H10F4O/c1-9-8-10(6-7-12(9)15)11-4-2-3-5-13(11)19-14(16,17)18/h2-8H,1H3. The third kappa shape index (κ3) is 3.24. The lowest BCUT2D eigenvalue weighted by Crippen LogP contribution is -2.17. The lowest BCUT2D eigenvalue weighted by molar-refractivity contribution is -0.274. The Morgan fingerprint density at radius 1 is 1.00 bits per heavy atom. The topological polar surface area (TPSA) is 9.23 Å². The van der Waals surface area contributed by atoms with Gasteiger partial charge in [0, 0.05) is 5.56 Å². The number of hydrogen-bond donors (Lipinski definition) is 0. The summed E-state index contributed by atoms with van der Waals surface area (Å²) in [7, 11) is 0. The molecule has 0 aliphatic heterocycles. The summed E-state index contributed by atoms with van der Waals surface area (Å²) in [4.78, 5) is 0. The number of benzene rings is 2. The summed E-state index contributed by atoms with van der Waals surface area (Å²) in [5.41, 5.74) is 1.10. The maximum Gasteiger partial charge on any atom is 0.573 e. The Hall–Kier alpha value is -2.04. The smallest absolute Gasteiger partial charge is 0.405 e. The predicted octanol–water partition coefficient (Wildman–Crippen LogP) is 4.70. The lowest BCUT2D eigenvalue weighted by Gasteiger charge is -2.13. The van der Waals surface area contributed by atoms with Gasteiger partial charge in [0.2, 0.25) is 0 Å². The summed E-state index contributed by atoms with van der Waals surface area (Å²) in [5, 5.41) is 0. The van der Waals surface area contributed by atoms with Crippen molar-refractivity contribution in [2.45, 2.75) is 13.3 Å². The van der Waals surface area contributed by atoms with E-state index in [9.17, 15) is 17.6 Å². The van der Waals surface area contributed by atoms with E-state index in [-0.39, 0.29) is 11.3 Å². The number of rotatable bonds is 2. The van der Waals surface area contributed by atoms with Gasteiger partial charge in [-0.3, -0.25) is 0 Å². The van der Waals surface area contributed by atoms with Crippen molar-refractivity contribution in [1.29, 1.82) is 0 Å². The molecule has 0 aliphatic carbocycles. The molecule has 0 aromatic heterocycles. The first-order chi connectivity index (χ1) is 8.87. The average molecular weight is 270 g/mol. The molecule has 0 fully saturated rings. The van der Waals surface area contributed by atoms with Crippen LogP contribution in [0.5, 0.6) is 5.75 Å². The molecule has 2 aromatic rings. The Kier molecular flexibility index (Phi) is 3.46. The van der Waals surface area contributed by atoms with Crippen molar-refractivity contribution in [1.82, 2.24) is 0 Å². The fraction of sp³-hybridized carbons (Fsp3) is 0.143. The third-order valence-electron chi connectivity index (χ3n) is 2.58. The second kappa shape index (κ2) is 4.91. The molecule has 0 heterocycles. The van der Waals surface area contributed by atoms with Crippen LogP contribution in [0.3, 0.4) is 0 Å². The van der Waals surface area contributed by atoms with Crippen LogP contribution in [0.2, 0.25) is 0 Å². The molecular weight excluding hydrogens is 260 g/mol. The highest BCUT2D eigenvalue weighted by atomic mass is 19.4. The van der Waals surface area contributed by atoms with Gasteiger partial charge in [0.25, 0.3) is 0 Å². The van der Waals surface area contributed by atoms with E-state index in [1.807, 2.05) is 0 Å². The Morgan fingerprint density at radius 3 is 2.32 bits per heavy atom. The van der Waals surface area contributed by atoms with Gasteiger partial charge in [0.15, 0.2) is 0 Å². The van der Waals surface area contributed by atoms with E-state index in [1.165, 1.54) is 36.4 Å². The largest absolute Gasteiger partial charge is 0.573 e. The molecule has 1 nitrogen and oxygen atoms in total. The number of alkyl halides is 3. The lowest BCUT2D eigenvalue weighted by atomic mass is 10.0. The Balaban J connectivity index is 2.47. The van der Waals surface area contributed by atoms with Crippen molar-refractivity contribution in [3.63, 3.8) is 0 Å². The van der Waals surface area contributed by atoms with Gasteiger partial charge in [-0.25, -0.2) is 4.39 Å². The van der Waals surface area contributed by atoms with E-state index in [0.29, 0.717) is 11.1 Å². The number of ether oxygens (including phenoxy) is 1. The van der Waals surface area contributed by atoms with Gasteiger partial charge in [-0.05, 0) is 36.2 Å². The highest BCUT2D eigenvalue weighted by molar-refractivity contribution is 5.70. The van der Waals surface area contributed by atoms with Crippen molar-refractivity contribution in [3.8, 4) is 16.9 Å². The molecule has 0 saturated carbocycles. The van der Waals surface area contributed by atoms with Crippen LogP contribution in [0.1, 0.15) is 5.56 Å². The minimum absolute atomic E-state index is 0.267. The normalized spacial score (nSPS) is 11.4. The monoisotopic (exact) mass is 270 g/mol. The van der Waals surface area contributed by atoms with Gasteiger partial charge in [0.05, 0.1) is 0 Å². The van der Waals surface area contributed by atoms with Gasteiger partial charge < -0.3 is 4.74 Å². The molecule has 100 valence electrons. The van der Waals surface area contributed by atoms with E-state index in [0.717, 1.165) is 0 Å². The number of para-hydroxylation sites is 1. The van der Waals surface area contributed by atoms with Crippen molar-refractivity contribution in [2.24, 2.45) is 0 Å². The number of halogens is 4. The maximum absolute atomic E-state index is 13.2. The van der Waals surface area contributed by atoms with Crippen molar-refractivity contribution < 1.29 is 22.3 Å².